The van der Waals surface area contributed by atoms with Crippen LogP contribution in [0.4, 0.5) is 5.82 Å². The van der Waals surface area contributed by atoms with Crippen LogP contribution in [0.25, 0.3) is 27.9 Å². The first-order chi connectivity index (χ1) is 16.5. The predicted molar refractivity (Wildman–Crippen MR) is 131 cm³/mol. The summed E-state index contributed by atoms with van der Waals surface area (Å²) in [4.78, 5) is 35.8. The number of nitrogens with zero attached hydrogens (tertiary/aromatic N) is 3. The minimum atomic E-state index is -0.611. The van der Waals surface area contributed by atoms with E-state index in [1.807, 2.05) is 55.5 Å². The van der Waals surface area contributed by atoms with Gasteiger partial charge in [-0.05, 0) is 65.7 Å². The van der Waals surface area contributed by atoms with Gasteiger partial charge in [0.05, 0.1) is 23.3 Å². The topological polar surface area (TPSA) is 99.2 Å². The highest BCUT2D eigenvalue weighted by atomic mass is 79.9. The smallest absolute Gasteiger partial charge is 0.344 e. The van der Waals surface area contributed by atoms with E-state index in [0.717, 1.165) is 11.3 Å². The molecule has 0 aliphatic rings. The van der Waals surface area contributed by atoms with Gasteiger partial charge in [-0.15, -0.1) is 0 Å². The van der Waals surface area contributed by atoms with Crippen molar-refractivity contribution in [3.63, 3.8) is 0 Å². The van der Waals surface area contributed by atoms with E-state index in [2.05, 4.69) is 21.2 Å². The molecular formula is C25H19BrN4O4. The number of halogens is 1. The van der Waals surface area contributed by atoms with E-state index in [1.165, 1.54) is 6.07 Å². The van der Waals surface area contributed by atoms with Gasteiger partial charge < -0.3 is 14.5 Å². The second kappa shape index (κ2) is 8.75. The fraction of sp³-hybridized carbons (Fsp3) is 0.120. The van der Waals surface area contributed by atoms with Crippen LogP contribution in [0, 0.1) is 6.92 Å². The molecule has 0 radical (unpaired) electrons. The third-order valence-electron chi connectivity index (χ3n) is 5.33. The lowest BCUT2D eigenvalue weighted by atomic mass is 10.2. The number of para-hydroxylation sites is 3. The molecule has 0 saturated carbocycles. The van der Waals surface area contributed by atoms with Crippen molar-refractivity contribution in [1.82, 2.24) is 14.5 Å². The van der Waals surface area contributed by atoms with E-state index in [-0.39, 0.29) is 23.7 Å². The zero-order valence-electron chi connectivity index (χ0n) is 18.3. The quantitative estimate of drug-likeness (QED) is 0.301. The number of rotatable bonds is 5. The first-order valence-electron chi connectivity index (χ1n) is 10.6. The van der Waals surface area contributed by atoms with Gasteiger partial charge in [0.1, 0.15) is 16.9 Å². The van der Waals surface area contributed by atoms with Crippen molar-refractivity contribution in [3.05, 3.63) is 82.2 Å². The molecule has 0 bridgehead atoms. The van der Waals surface area contributed by atoms with Crippen molar-refractivity contribution in [2.24, 2.45) is 0 Å². The summed E-state index contributed by atoms with van der Waals surface area (Å²) in [6, 6.07) is 18.2. The Labute approximate surface area is 202 Å². The first-order valence-corrected chi connectivity index (χ1v) is 11.4. The van der Waals surface area contributed by atoms with Crippen molar-refractivity contribution in [1.29, 1.82) is 0 Å². The van der Waals surface area contributed by atoms with Crippen LogP contribution < -0.4 is 5.32 Å². The SMILES string of the molecule is CCOC(=O)c1c(NC(=O)c2ccc(Br)o2)n(-c2ccccc2C)c2nc3ccccc3nc12. The van der Waals surface area contributed by atoms with Gasteiger partial charge in [0.25, 0.3) is 5.91 Å². The van der Waals surface area contributed by atoms with Gasteiger partial charge in [0.2, 0.25) is 0 Å². The molecule has 0 unspecified atom stereocenters. The molecule has 0 saturated heterocycles. The standard InChI is InChI=1S/C25H19BrN4O4/c1-3-33-25(32)20-21-23(28-16-10-6-5-9-15(16)27-21)30(17-11-7-4-8-14(17)2)22(20)29-24(31)18-12-13-19(26)34-18/h4-13H,3H2,1-2H3,(H,29,31). The number of nitrogens with one attached hydrogen (secondary N) is 1. The maximum absolute atomic E-state index is 13.2. The molecule has 0 atom stereocenters. The Morgan fingerprint density at radius 3 is 2.41 bits per heavy atom. The predicted octanol–water partition coefficient (Wildman–Crippen LogP) is 5.67. The summed E-state index contributed by atoms with van der Waals surface area (Å²) in [5.41, 5.74) is 3.81. The van der Waals surface area contributed by atoms with Gasteiger partial charge in [-0.3, -0.25) is 9.36 Å². The number of hydrogen-bond acceptors (Lipinski definition) is 6. The second-order valence-electron chi connectivity index (χ2n) is 7.51. The largest absolute Gasteiger partial charge is 0.462 e. The minimum absolute atomic E-state index is 0.0781. The summed E-state index contributed by atoms with van der Waals surface area (Å²) in [5, 5.41) is 2.85. The van der Waals surface area contributed by atoms with Gasteiger partial charge in [0.15, 0.2) is 16.1 Å². The Bertz CT molecular complexity index is 1570. The summed E-state index contributed by atoms with van der Waals surface area (Å²) < 4.78 is 12.9. The van der Waals surface area contributed by atoms with Crippen LogP contribution in [0.1, 0.15) is 33.4 Å². The number of benzene rings is 2. The number of hydrogen-bond donors (Lipinski definition) is 1. The third kappa shape index (κ3) is 3.73. The molecular weight excluding hydrogens is 500 g/mol. The van der Waals surface area contributed by atoms with Gasteiger partial charge >= 0.3 is 5.97 Å². The summed E-state index contributed by atoms with van der Waals surface area (Å²) in [6.45, 7) is 3.82. The third-order valence-corrected chi connectivity index (χ3v) is 5.75. The van der Waals surface area contributed by atoms with Crippen LogP contribution in [-0.4, -0.2) is 33.0 Å². The molecule has 1 N–H and O–H groups in total. The maximum Gasteiger partial charge on any atom is 0.344 e. The molecule has 0 spiro atoms. The zero-order valence-corrected chi connectivity index (χ0v) is 19.9. The van der Waals surface area contributed by atoms with Crippen molar-refractivity contribution in [2.45, 2.75) is 13.8 Å². The number of ether oxygens (including phenoxy) is 1. The normalized spacial score (nSPS) is 11.1. The van der Waals surface area contributed by atoms with E-state index < -0.39 is 11.9 Å². The van der Waals surface area contributed by atoms with E-state index in [1.54, 1.807) is 17.6 Å². The number of aryl methyl sites for hydroxylation is 1. The highest BCUT2D eigenvalue weighted by Gasteiger charge is 2.29. The molecule has 0 aliphatic heterocycles. The molecule has 9 heteroatoms. The van der Waals surface area contributed by atoms with Crippen molar-refractivity contribution >= 4 is 55.8 Å². The number of aromatic nitrogens is 3. The first kappa shape index (κ1) is 21.8. The van der Waals surface area contributed by atoms with Crippen molar-refractivity contribution in [3.8, 4) is 5.69 Å². The van der Waals surface area contributed by atoms with E-state index in [9.17, 15) is 9.59 Å². The highest BCUT2D eigenvalue weighted by Crippen LogP contribution is 2.35. The van der Waals surface area contributed by atoms with E-state index in [0.29, 0.717) is 26.9 Å². The molecule has 5 rings (SSSR count). The monoisotopic (exact) mass is 518 g/mol. The number of carbonyl (C=O) groups is 2. The number of anilines is 1. The number of esters is 1. The highest BCUT2D eigenvalue weighted by molar-refractivity contribution is 9.10. The lowest BCUT2D eigenvalue weighted by Gasteiger charge is -2.14. The van der Waals surface area contributed by atoms with Crippen LogP contribution in [0.5, 0.6) is 0 Å². The van der Waals surface area contributed by atoms with Gasteiger partial charge in [-0.1, -0.05) is 30.3 Å². The van der Waals surface area contributed by atoms with Crippen LogP contribution in [0.3, 0.4) is 0 Å². The molecule has 3 aromatic heterocycles. The van der Waals surface area contributed by atoms with Gasteiger partial charge in [0, 0.05) is 0 Å². The number of furan rings is 1. The number of amides is 1. The summed E-state index contributed by atoms with van der Waals surface area (Å²) in [7, 11) is 0. The van der Waals surface area contributed by atoms with E-state index in [4.69, 9.17) is 19.1 Å². The van der Waals surface area contributed by atoms with Crippen LogP contribution >= 0.6 is 15.9 Å². The number of carbonyl (C=O) groups excluding carboxylic acids is 2. The Hall–Kier alpha value is -3.98. The molecule has 0 fully saturated rings. The Balaban J connectivity index is 1.85. The zero-order chi connectivity index (χ0) is 23.8. The Kier molecular flexibility index (Phi) is 5.62. The summed E-state index contributed by atoms with van der Waals surface area (Å²) in [6.07, 6.45) is 0. The van der Waals surface area contributed by atoms with Crippen molar-refractivity contribution < 1.29 is 18.7 Å². The number of fused-ring (bicyclic) bond motifs is 2. The average Bonchev–Trinajstić information content (AvgIpc) is 3.39. The molecule has 3 heterocycles. The molecule has 0 aliphatic carbocycles. The van der Waals surface area contributed by atoms with Crippen LogP contribution in [-0.2, 0) is 4.74 Å². The lowest BCUT2D eigenvalue weighted by molar-refractivity contribution is 0.0529. The van der Waals surface area contributed by atoms with Crippen molar-refractivity contribution in [2.75, 3.05) is 11.9 Å². The Morgan fingerprint density at radius 2 is 1.74 bits per heavy atom. The second-order valence-corrected chi connectivity index (χ2v) is 8.29. The lowest BCUT2D eigenvalue weighted by Crippen LogP contribution is -2.17. The molecule has 5 aromatic rings. The molecule has 8 nitrogen and oxygen atoms in total. The molecule has 2 aromatic carbocycles. The maximum atomic E-state index is 13.2. The summed E-state index contributed by atoms with van der Waals surface area (Å²) >= 11 is 3.21. The molecule has 1 amide bonds. The van der Waals surface area contributed by atoms with Gasteiger partial charge in [-0.2, -0.15) is 0 Å². The fourth-order valence-electron chi connectivity index (χ4n) is 3.81. The fourth-order valence-corrected chi connectivity index (χ4v) is 4.12. The Morgan fingerprint density at radius 1 is 1.03 bits per heavy atom. The van der Waals surface area contributed by atoms with Crippen LogP contribution in [0.2, 0.25) is 0 Å². The molecule has 34 heavy (non-hydrogen) atoms. The van der Waals surface area contributed by atoms with Gasteiger partial charge in [-0.25, -0.2) is 14.8 Å². The average molecular weight is 519 g/mol. The molecule has 170 valence electrons. The minimum Gasteiger partial charge on any atom is -0.462 e. The summed E-state index contributed by atoms with van der Waals surface area (Å²) in [5.74, 6) is -0.858. The van der Waals surface area contributed by atoms with E-state index >= 15 is 0 Å². The van der Waals surface area contributed by atoms with Crippen LogP contribution in [0.15, 0.2) is 69.8 Å².